The Hall–Kier alpha value is -2.27. The summed E-state index contributed by atoms with van der Waals surface area (Å²) in [4.78, 5) is 21.5. The van der Waals surface area contributed by atoms with Crippen LogP contribution in [-0.2, 0) is 0 Å². The van der Waals surface area contributed by atoms with E-state index in [0.29, 0.717) is 49.8 Å². The molecule has 8 nitrogen and oxygen atoms in total. The van der Waals surface area contributed by atoms with Crippen molar-refractivity contribution in [1.82, 2.24) is 20.2 Å². The molecule has 172 valence electrons. The van der Waals surface area contributed by atoms with Gasteiger partial charge in [0.05, 0.1) is 25.0 Å². The Morgan fingerprint density at radius 3 is 2.76 bits per heavy atom. The van der Waals surface area contributed by atoms with E-state index in [4.69, 9.17) is 16.3 Å². The number of amides is 1. The molecule has 11 heteroatoms. The van der Waals surface area contributed by atoms with Crippen LogP contribution in [0, 0.1) is 18.8 Å². The number of pyridine rings is 2. The number of carbonyl (C=O) groups excluding carboxylic acids is 1. The van der Waals surface area contributed by atoms with Crippen molar-refractivity contribution in [1.29, 1.82) is 0 Å². The number of hydrogen-bond acceptors (Lipinski definition) is 9. The highest BCUT2D eigenvalue weighted by Crippen LogP contribution is 2.51. The smallest absolute Gasteiger partial charge is 0.259 e. The number of aliphatic hydroxyl groups is 1. The summed E-state index contributed by atoms with van der Waals surface area (Å²) in [5.74, 6) is 1.10. The molecule has 2 aliphatic carbocycles. The second kappa shape index (κ2) is 9.17. The van der Waals surface area contributed by atoms with Gasteiger partial charge in [0, 0.05) is 28.3 Å². The monoisotopic (exact) mass is 503 g/mol. The average molecular weight is 504 g/mol. The van der Waals surface area contributed by atoms with Crippen LogP contribution in [0.3, 0.4) is 0 Å². The summed E-state index contributed by atoms with van der Waals surface area (Å²) < 4.78 is 6.25. The van der Waals surface area contributed by atoms with Crippen LogP contribution in [-0.4, -0.2) is 49.6 Å². The number of aryl methyl sites for hydroxylation is 1. The average Bonchev–Trinajstić information content (AvgIpc) is 3.49. The van der Waals surface area contributed by atoms with E-state index < -0.39 is 0 Å². The number of ether oxygens (including phenoxy) is 1. The lowest BCUT2D eigenvalue weighted by atomic mass is 9.97. The number of thioether (sulfide) groups is 1. The summed E-state index contributed by atoms with van der Waals surface area (Å²) in [6, 6.07) is 3.48. The fourth-order valence-electron chi connectivity index (χ4n) is 4.69. The maximum absolute atomic E-state index is 13.2. The summed E-state index contributed by atoms with van der Waals surface area (Å²) in [6.45, 7) is 1.85. The molecule has 33 heavy (non-hydrogen) atoms. The highest BCUT2D eigenvalue weighted by atomic mass is 35.5. The lowest BCUT2D eigenvalue weighted by Gasteiger charge is -2.23. The SMILES string of the molecule is COc1cnc(Cl)cc1-c1cc(C)ncc1C(=O)Nc1nnc(SC2CC3CC2CC3O)s1. The van der Waals surface area contributed by atoms with Crippen LogP contribution in [0.15, 0.2) is 28.9 Å². The van der Waals surface area contributed by atoms with E-state index in [2.05, 4.69) is 25.5 Å². The third-order valence-electron chi connectivity index (χ3n) is 6.26. The number of aromatic nitrogens is 4. The lowest BCUT2D eigenvalue weighted by molar-refractivity contribution is 0.102. The number of hydrogen-bond donors (Lipinski definition) is 2. The Bertz CT molecular complexity index is 1200. The first-order valence-corrected chi connectivity index (χ1v) is 12.6. The van der Waals surface area contributed by atoms with Gasteiger partial charge in [-0.1, -0.05) is 34.7 Å². The summed E-state index contributed by atoms with van der Waals surface area (Å²) in [5, 5.41) is 22.4. The minimum atomic E-state index is -0.344. The second-order valence-corrected chi connectivity index (χ2v) is 11.2. The van der Waals surface area contributed by atoms with Crippen LogP contribution >= 0.6 is 34.7 Å². The number of rotatable bonds is 6. The normalized spacial score (nSPS) is 23.6. The molecular formula is C22H22ClN5O3S2. The fraction of sp³-hybridized carbons (Fsp3) is 0.409. The summed E-state index contributed by atoms with van der Waals surface area (Å²) in [7, 11) is 1.54. The van der Waals surface area contributed by atoms with Crippen LogP contribution in [0.4, 0.5) is 5.13 Å². The number of carbonyl (C=O) groups is 1. The fourth-order valence-corrected chi connectivity index (χ4v) is 7.23. The van der Waals surface area contributed by atoms with Crippen LogP contribution in [0.1, 0.15) is 35.3 Å². The maximum Gasteiger partial charge on any atom is 0.259 e. The van der Waals surface area contributed by atoms with E-state index in [1.54, 1.807) is 24.9 Å². The number of halogens is 1. The molecule has 0 aliphatic heterocycles. The van der Waals surface area contributed by atoms with Gasteiger partial charge in [0.25, 0.3) is 5.91 Å². The molecule has 2 saturated carbocycles. The molecule has 2 fully saturated rings. The zero-order valence-corrected chi connectivity index (χ0v) is 20.4. The highest BCUT2D eigenvalue weighted by molar-refractivity contribution is 8.01. The molecule has 2 aliphatic rings. The largest absolute Gasteiger partial charge is 0.494 e. The molecule has 3 aromatic heterocycles. The number of aliphatic hydroxyl groups excluding tert-OH is 1. The third kappa shape index (κ3) is 4.57. The predicted octanol–water partition coefficient (Wildman–Crippen LogP) is 4.47. The Labute approximate surface area is 204 Å². The van der Waals surface area contributed by atoms with Gasteiger partial charge in [0.15, 0.2) is 4.34 Å². The van der Waals surface area contributed by atoms with Crippen molar-refractivity contribution in [2.75, 3.05) is 12.4 Å². The van der Waals surface area contributed by atoms with Crippen molar-refractivity contribution in [2.24, 2.45) is 11.8 Å². The Balaban J connectivity index is 1.35. The number of nitrogens with one attached hydrogen (secondary N) is 1. The number of nitrogens with zero attached hydrogens (tertiary/aromatic N) is 4. The zero-order chi connectivity index (χ0) is 23.1. The molecule has 0 saturated heterocycles. The van der Waals surface area contributed by atoms with E-state index in [9.17, 15) is 9.90 Å². The zero-order valence-electron chi connectivity index (χ0n) is 18.0. The molecule has 4 atom stereocenters. The summed E-state index contributed by atoms with van der Waals surface area (Å²) >= 11 is 9.17. The minimum Gasteiger partial charge on any atom is -0.494 e. The molecule has 4 unspecified atom stereocenters. The van der Waals surface area contributed by atoms with Gasteiger partial charge in [-0.15, -0.1) is 10.2 Å². The van der Waals surface area contributed by atoms with Gasteiger partial charge in [-0.3, -0.25) is 15.1 Å². The molecule has 1 amide bonds. The third-order valence-corrected chi connectivity index (χ3v) is 8.81. The van der Waals surface area contributed by atoms with E-state index >= 15 is 0 Å². The van der Waals surface area contributed by atoms with Crippen LogP contribution < -0.4 is 10.1 Å². The number of fused-ring (bicyclic) bond motifs is 2. The maximum atomic E-state index is 13.2. The van der Waals surface area contributed by atoms with E-state index in [1.807, 2.05) is 13.0 Å². The van der Waals surface area contributed by atoms with Gasteiger partial charge < -0.3 is 9.84 Å². The molecule has 2 N–H and O–H groups in total. The van der Waals surface area contributed by atoms with Crippen molar-refractivity contribution < 1.29 is 14.6 Å². The quantitative estimate of drug-likeness (QED) is 0.374. The molecule has 0 aromatic carbocycles. The van der Waals surface area contributed by atoms with Gasteiger partial charge in [-0.25, -0.2) is 4.98 Å². The second-order valence-electron chi connectivity index (χ2n) is 8.36. The standard InChI is InChI=1S/C22H22ClN5O3S2/c1-10-3-13(14-7-19(23)25-9-17(14)31-2)15(8-24-10)20(30)26-21-27-28-22(33-21)32-18-6-11-4-12(18)5-16(11)29/h3,7-9,11-12,16,18,29H,4-6H2,1-2H3,(H,26,27,30). The Morgan fingerprint density at radius 2 is 2.03 bits per heavy atom. The number of anilines is 1. The Morgan fingerprint density at radius 1 is 1.18 bits per heavy atom. The van der Waals surface area contributed by atoms with E-state index in [1.165, 1.54) is 23.7 Å². The predicted molar refractivity (Wildman–Crippen MR) is 128 cm³/mol. The first-order valence-electron chi connectivity index (χ1n) is 10.6. The molecular weight excluding hydrogens is 482 g/mol. The van der Waals surface area contributed by atoms with E-state index in [0.717, 1.165) is 29.3 Å². The summed E-state index contributed by atoms with van der Waals surface area (Å²) in [5.41, 5.74) is 2.41. The van der Waals surface area contributed by atoms with Crippen molar-refractivity contribution >= 4 is 45.7 Å². The first-order chi connectivity index (χ1) is 15.9. The topological polar surface area (TPSA) is 110 Å². The van der Waals surface area contributed by atoms with Crippen molar-refractivity contribution in [3.63, 3.8) is 0 Å². The molecule has 5 rings (SSSR count). The van der Waals surface area contributed by atoms with Gasteiger partial charge in [-0.2, -0.15) is 0 Å². The molecule has 2 bridgehead atoms. The minimum absolute atomic E-state index is 0.151. The number of methoxy groups -OCH3 is 1. The van der Waals surface area contributed by atoms with Gasteiger partial charge in [0.1, 0.15) is 10.9 Å². The van der Waals surface area contributed by atoms with Gasteiger partial charge in [-0.05, 0) is 50.2 Å². The van der Waals surface area contributed by atoms with Crippen LogP contribution in [0.2, 0.25) is 5.15 Å². The molecule has 0 radical (unpaired) electrons. The molecule has 3 heterocycles. The summed E-state index contributed by atoms with van der Waals surface area (Å²) in [6.07, 6.45) is 5.88. The molecule has 0 spiro atoms. The first kappa shape index (κ1) is 22.5. The highest BCUT2D eigenvalue weighted by Gasteiger charge is 2.45. The van der Waals surface area contributed by atoms with Crippen LogP contribution in [0.5, 0.6) is 5.75 Å². The van der Waals surface area contributed by atoms with Gasteiger partial charge in [0.2, 0.25) is 5.13 Å². The molecule has 3 aromatic rings. The lowest BCUT2D eigenvalue weighted by Crippen LogP contribution is -2.22. The van der Waals surface area contributed by atoms with Crippen LogP contribution in [0.25, 0.3) is 11.1 Å². The van der Waals surface area contributed by atoms with Crippen molar-refractivity contribution in [3.05, 3.63) is 40.9 Å². The van der Waals surface area contributed by atoms with Gasteiger partial charge >= 0.3 is 0 Å². The van der Waals surface area contributed by atoms with Crippen molar-refractivity contribution in [3.8, 4) is 16.9 Å². The van der Waals surface area contributed by atoms with E-state index in [-0.39, 0.29) is 12.0 Å². The van der Waals surface area contributed by atoms with Crippen molar-refractivity contribution in [2.45, 2.75) is 41.9 Å². The Kier molecular flexibility index (Phi) is 6.26.